The first kappa shape index (κ1) is 13.1. The van der Waals surface area contributed by atoms with E-state index in [2.05, 4.69) is 32.7 Å². The molecule has 20 heavy (non-hydrogen) atoms. The third kappa shape index (κ3) is 3.16. The molecular weight excluding hydrogens is 367 g/mol. The van der Waals surface area contributed by atoms with E-state index in [1.165, 1.54) is 0 Å². The normalized spacial score (nSPS) is 10.4. The summed E-state index contributed by atoms with van der Waals surface area (Å²) in [7, 11) is 0. The predicted molar refractivity (Wildman–Crippen MR) is 83.2 cm³/mol. The van der Waals surface area contributed by atoms with Gasteiger partial charge >= 0.3 is 0 Å². The van der Waals surface area contributed by atoms with Crippen molar-refractivity contribution in [1.29, 1.82) is 0 Å². The van der Waals surface area contributed by atoms with Crippen molar-refractivity contribution in [3.63, 3.8) is 0 Å². The zero-order chi connectivity index (χ0) is 13.8. The monoisotopic (exact) mass is 378 g/mol. The molecule has 0 radical (unpaired) electrons. The lowest BCUT2D eigenvalue weighted by molar-refractivity contribution is 0.243. The van der Waals surface area contributed by atoms with E-state index < -0.39 is 0 Å². The molecule has 0 aliphatic carbocycles. The molecule has 0 fully saturated rings. The molecule has 3 aromatic rings. The van der Waals surface area contributed by atoms with Crippen molar-refractivity contribution in [2.75, 3.05) is 0 Å². The molecule has 0 saturated heterocycles. The summed E-state index contributed by atoms with van der Waals surface area (Å²) in [4.78, 5) is 4.31. The smallest absolute Gasteiger partial charge is 0.264 e. The van der Waals surface area contributed by atoms with Crippen LogP contribution in [0.2, 0.25) is 0 Å². The van der Waals surface area contributed by atoms with Gasteiger partial charge in [-0.3, -0.25) is 0 Å². The molecule has 0 spiro atoms. The Bertz CT molecular complexity index is 698. The van der Waals surface area contributed by atoms with Crippen LogP contribution < -0.4 is 4.74 Å². The van der Waals surface area contributed by atoms with Crippen LogP contribution in [0.1, 0.15) is 5.89 Å². The molecule has 100 valence electrons. The van der Waals surface area contributed by atoms with Crippen LogP contribution in [0.5, 0.6) is 5.75 Å². The minimum absolute atomic E-state index is 0.264. The summed E-state index contributed by atoms with van der Waals surface area (Å²) in [5.74, 6) is 1.82. The quantitative estimate of drug-likeness (QED) is 0.646. The molecule has 1 heterocycles. The van der Waals surface area contributed by atoms with Crippen LogP contribution >= 0.6 is 22.6 Å². The minimum atomic E-state index is 0.264. The van der Waals surface area contributed by atoms with Gasteiger partial charge in [-0.1, -0.05) is 41.6 Å². The van der Waals surface area contributed by atoms with Crippen molar-refractivity contribution in [3.05, 3.63) is 64.1 Å². The van der Waals surface area contributed by atoms with Crippen molar-refractivity contribution in [3.8, 4) is 17.1 Å². The van der Waals surface area contributed by atoms with E-state index in [0.717, 1.165) is 14.9 Å². The highest BCUT2D eigenvalue weighted by atomic mass is 127. The Hall–Kier alpha value is -1.89. The van der Waals surface area contributed by atoms with Gasteiger partial charge in [0.05, 0.1) is 0 Å². The summed E-state index contributed by atoms with van der Waals surface area (Å²) < 4.78 is 11.9. The molecule has 0 amide bonds. The van der Waals surface area contributed by atoms with Crippen LogP contribution in [-0.4, -0.2) is 10.1 Å². The molecule has 0 N–H and O–H groups in total. The van der Waals surface area contributed by atoms with Crippen molar-refractivity contribution < 1.29 is 9.26 Å². The topological polar surface area (TPSA) is 48.2 Å². The largest absolute Gasteiger partial charge is 0.484 e. The summed E-state index contributed by atoms with van der Waals surface area (Å²) in [6.45, 7) is 0.264. The number of nitrogens with zero attached hydrogens (tertiary/aromatic N) is 2. The van der Waals surface area contributed by atoms with Gasteiger partial charge in [-0.05, 0) is 40.8 Å². The van der Waals surface area contributed by atoms with Crippen molar-refractivity contribution in [2.24, 2.45) is 0 Å². The van der Waals surface area contributed by atoms with E-state index in [1.54, 1.807) is 0 Å². The summed E-state index contributed by atoms with van der Waals surface area (Å²) in [6, 6.07) is 17.5. The predicted octanol–water partition coefficient (Wildman–Crippen LogP) is 3.92. The van der Waals surface area contributed by atoms with Gasteiger partial charge in [0.1, 0.15) is 5.75 Å². The average Bonchev–Trinajstić information content (AvgIpc) is 2.95. The van der Waals surface area contributed by atoms with E-state index in [9.17, 15) is 0 Å². The van der Waals surface area contributed by atoms with Crippen molar-refractivity contribution >= 4 is 22.6 Å². The van der Waals surface area contributed by atoms with Crippen LogP contribution in [0, 0.1) is 3.57 Å². The van der Waals surface area contributed by atoms with Crippen LogP contribution in [0.25, 0.3) is 11.4 Å². The summed E-state index contributed by atoms with van der Waals surface area (Å²) in [6.07, 6.45) is 0. The maximum atomic E-state index is 5.62. The highest BCUT2D eigenvalue weighted by Gasteiger charge is 2.08. The second-order valence-electron chi connectivity index (χ2n) is 4.12. The molecule has 2 aromatic carbocycles. The number of aromatic nitrogens is 2. The molecule has 1 aromatic heterocycles. The molecule has 0 aliphatic rings. The molecule has 5 heteroatoms. The van der Waals surface area contributed by atoms with E-state index in [4.69, 9.17) is 9.26 Å². The molecule has 0 saturated carbocycles. The highest BCUT2D eigenvalue weighted by Crippen LogP contribution is 2.18. The fourth-order valence-electron chi connectivity index (χ4n) is 1.72. The SMILES string of the molecule is Ic1cccc(OCc2nc(-c3ccccc3)no2)c1. The average molecular weight is 378 g/mol. The van der Waals surface area contributed by atoms with Crippen LogP contribution in [-0.2, 0) is 6.61 Å². The minimum Gasteiger partial charge on any atom is -0.484 e. The van der Waals surface area contributed by atoms with E-state index in [-0.39, 0.29) is 6.61 Å². The lowest BCUT2D eigenvalue weighted by Gasteiger charge is -2.02. The third-order valence-electron chi connectivity index (χ3n) is 2.66. The number of hydrogen-bond acceptors (Lipinski definition) is 4. The zero-order valence-corrected chi connectivity index (χ0v) is 12.6. The summed E-state index contributed by atoms with van der Waals surface area (Å²) in [5.41, 5.74) is 0.928. The van der Waals surface area contributed by atoms with Crippen LogP contribution in [0.3, 0.4) is 0 Å². The van der Waals surface area contributed by atoms with Gasteiger partial charge in [0, 0.05) is 9.13 Å². The Morgan fingerprint density at radius 2 is 1.90 bits per heavy atom. The lowest BCUT2D eigenvalue weighted by atomic mass is 10.2. The van der Waals surface area contributed by atoms with E-state index >= 15 is 0 Å². The lowest BCUT2D eigenvalue weighted by Crippen LogP contribution is -1.95. The van der Waals surface area contributed by atoms with Gasteiger partial charge in [0.15, 0.2) is 6.61 Å². The van der Waals surface area contributed by atoms with Gasteiger partial charge in [-0.15, -0.1) is 0 Å². The van der Waals surface area contributed by atoms with Crippen molar-refractivity contribution in [2.45, 2.75) is 6.61 Å². The fourth-order valence-corrected chi connectivity index (χ4v) is 2.23. The van der Waals surface area contributed by atoms with Gasteiger partial charge < -0.3 is 9.26 Å². The maximum Gasteiger partial charge on any atom is 0.264 e. The fraction of sp³-hybridized carbons (Fsp3) is 0.0667. The molecule has 3 rings (SSSR count). The highest BCUT2D eigenvalue weighted by molar-refractivity contribution is 14.1. The molecule has 0 atom stereocenters. The first-order chi connectivity index (χ1) is 9.81. The van der Waals surface area contributed by atoms with Gasteiger partial charge in [-0.2, -0.15) is 4.98 Å². The van der Waals surface area contributed by atoms with Crippen LogP contribution in [0.4, 0.5) is 0 Å². The first-order valence-electron chi connectivity index (χ1n) is 6.07. The Balaban J connectivity index is 1.69. The Labute approximate surface area is 129 Å². The second-order valence-corrected chi connectivity index (χ2v) is 5.37. The van der Waals surface area contributed by atoms with E-state index in [1.807, 2.05) is 54.6 Å². The first-order valence-corrected chi connectivity index (χ1v) is 7.15. The van der Waals surface area contributed by atoms with Crippen molar-refractivity contribution in [1.82, 2.24) is 10.1 Å². The Morgan fingerprint density at radius 1 is 1.05 bits per heavy atom. The summed E-state index contributed by atoms with van der Waals surface area (Å²) >= 11 is 2.24. The molecule has 4 nitrogen and oxygen atoms in total. The summed E-state index contributed by atoms with van der Waals surface area (Å²) in [5, 5.41) is 3.95. The van der Waals surface area contributed by atoms with E-state index in [0.29, 0.717) is 11.7 Å². The number of ether oxygens (including phenoxy) is 1. The molecular formula is C15H11IN2O2. The molecule has 0 bridgehead atoms. The number of rotatable bonds is 4. The number of halogens is 1. The second kappa shape index (κ2) is 6.04. The third-order valence-corrected chi connectivity index (χ3v) is 3.33. The number of benzene rings is 2. The van der Waals surface area contributed by atoms with Gasteiger partial charge in [0.2, 0.25) is 5.82 Å². The molecule has 0 aliphatic heterocycles. The van der Waals surface area contributed by atoms with Crippen LogP contribution in [0.15, 0.2) is 59.1 Å². The molecule has 0 unspecified atom stereocenters. The number of hydrogen-bond donors (Lipinski definition) is 0. The maximum absolute atomic E-state index is 5.62. The Morgan fingerprint density at radius 3 is 2.70 bits per heavy atom. The standard InChI is InChI=1S/C15H11IN2O2/c16-12-7-4-8-13(9-12)19-10-14-17-15(18-20-14)11-5-2-1-3-6-11/h1-9H,10H2. The Kier molecular flexibility index (Phi) is 3.96. The van der Waals surface area contributed by atoms with Gasteiger partial charge in [-0.25, -0.2) is 0 Å². The zero-order valence-electron chi connectivity index (χ0n) is 10.5. The van der Waals surface area contributed by atoms with Gasteiger partial charge in [0.25, 0.3) is 5.89 Å².